The molecule has 0 amide bonds. The molecule has 0 heterocycles. The molecule has 0 radical (unpaired) electrons. The van der Waals surface area contributed by atoms with Gasteiger partial charge in [-0.2, -0.15) is 0 Å². The Balaban J connectivity index is 1.92. The summed E-state index contributed by atoms with van der Waals surface area (Å²) in [5.41, 5.74) is 5.42. The van der Waals surface area contributed by atoms with Crippen LogP contribution in [0.2, 0.25) is 0 Å². The third-order valence-corrected chi connectivity index (χ3v) is 5.82. The predicted octanol–water partition coefficient (Wildman–Crippen LogP) is 1.54. The molecule has 4 atom stereocenters. The van der Waals surface area contributed by atoms with Gasteiger partial charge in [-0.1, -0.05) is 6.42 Å². The van der Waals surface area contributed by atoms with E-state index < -0.39 is 5.60 Å². The Morgan fingerprint density at radius 3 is 2.53 bits per heavy atom. The first-order chi connectivity index (χ1) is 8.16. The minimum absolute atomic E-state index is 0.0485. The highest BCUT2D eigenvalue weighted by Gasteiger charge is 2.64. The zero-order chi connectivity index (χ0) is 12.1. The van der Waals surface area contributed by atoms with Gasteiger partial charge in [0.25, 0.3) is 0 Å². The van der Waals surface area contributed by atoms with E-state index in [1.807, 2.05) is 0 Å². The molecular formula is C14H25NO2. The van der Waals surface area contributed by atoms with Crippen LogP contribution in [0.5, 0.6) is 0 Å². The van der Waals surface area contributed by atoms with Crippen molar-refractivity contribution in [2.45, 2.75) is 44.1 Å². The molecule has 3 rings (SSSR count). The van der Waals surface area contributed by atoms with Crippen LogP contribution in [-0.2, 0) is 4.74 Å². The van der Waals surface area contributed by atoms with Crippen molar-refractivity contribution in [3.05, 3.63) is 0 Å². The van der Waals surface area contributed by atoms with Crippen LogP contribution in [0.1, 0.15) is 38.5 Å². The van der Waals surface area contributed by atoms with E-state index in [0.29, 0.717) is 25.0 Å². The lowest BCUT2D eigenvalue weighted by Gasteiger charge is -2.50. The third kappa shape index (κ3) is 1.52. The van der Waals surface area contributed by atoms with E-state index in [4.69, 9.17) is 10.5 Å². The smallest absolute Gasteiger partial charge is 0.0978 e. The third-order valence-electron chi connectivity index (χ3n) is 5.82. The molecule has 4 unspecified atom stereocenters. The van der Waals surface area contributed by atoms with E-state index >= 15 is 0 Å². The van der Waals surface area contributed by atoms with E-state index in [0.717, 1.165) is 25.2 Å². The van der Waals surface area contributed by atoms with E-state index in [1.165, 1.54) is 19.3 Å². The number of ether oxygens (including phenoxy) is 1. The van der Waals surface area contributed by atoms with Crippen LogP contribution in [0, 0.1) is 23.2 Å². The van der Waals surface area contributed by atoms with Gasteiger partial charge in [0.1, 0.15) is 0 Å². The van der Waals surface area contributed by atoms with Crippen LogP contribution in [0.3, 0.4) is 0 Å². The van der Waals surface area contributed by atoms with Gasteiger partial charge in [0.15, 0.2) is 0 Å². The van der Waals surface area contributed by atoms with Crippen LogP contribution >= 0.6 is 0 Å². The molecule has 3 aliphatic carbocycles. The highest BCUT2D eigenvalue weighted by atomic mass is 16.5. The van der Waals surface area contributed by atoms with Crippen molar-refractivity contribution in [1.82, 2.24) is 0 Å². The van der Waals surface area contributed by atoms with Crippen molar-refractivity contribution < 1.29 is 9.84 Å². The fraction of sp³-hybridized carbons (Fsp3) is 1.00. The molecular weight excluding hydrogens is 214 g/mol. The summed E-state index contributed by atoms with van der Waals surface area (Å²) < 4.78 is 5.35. The summed E-state index contributed by atoms with van der Waals surface area (Å²) in [5.74, 6) is 1.88. The summed E-state index contributed by atoms with van der Waals surface area (Å²) in [5, 5.41) is 11.2. The van der Waals surface area contributed by atoms with Crippen molar-refractivity contribution in [3.8, 4) is 0 Å². The molecule has 3 N–H and O–H groups in total. The van der Waals surface area contributed by atoms with Crippen molar-refractivity contribution in [1.29, 1.82) is 0 Å². The summed E-state index contributed by atoms with van der Waals surface area (Å²) in [7, 11) is 1.70. The molecule has 3 fully saturated rings. The number of hydrogen-bond donors (Lipinski definition) is 2. The van der Waals surface area contributed by atoms with E-state index in [-0.39, 0.29) is 5.41 Å². The van der Waals surface area contributed by atoms with Gasteiger partial charge in [0.2, 0.25) is 0 Å². The average Bonchev–Trinajstić information content (AvgIpc) is 3.00. The number of nitrogens with two attached hydrogens (primary N) is 1. The maximum atomic E-state index is 11.2. The molecule has 3 heteroatoms. The van der Waals surface area contributed by atoms with E-state index in [2.05, 4.69) is 0 Å². The number of aliphatic hydroxyl groups is 1. The quantitative estimate of drug-likeness (QED) is 0.765. The molecule has 0 spiro atoms. The van der Waals surface area contributed by atoms with E-state index in [1.54, 1.807) is 7.11 Å². The summed E-state index contributed by atoms with van der Waals surface area (Å²) in [6, 6.07) is 0. The molecule has 0 saturated heterocycles. The number of rotatable bonds is 5. The topological polar surface area (TPSA) is 55.5 Å². The van der Waals surface area contributed by atoms with Gasteiger partial charge >= 0.3 is 0 Å². The van der Waals surface area contributed by atoms with Gasteiger partial charge < -0.3 is 15.6 Å². The SMILES string of the molecule is COCC(O)(C1CC1)C1(CN)CC2CCC1C2. The number of hydrogen-bond acceptors (Lipinski definition) is 3. The number of fused-ring (bicyclic) bond motifs is 2. The van der Waals surface area contributed by atoms with Crippen molar-refractivity contribution in [3.63, 3.8) is 0 Å². The summed E-state index contributed by atoms with van der Waals surface area (Å²) in [6.45, 7) is 1.10. The van der Waals surface area contributed by atoms with Gasteiger partial charge in [-0.3, -0.25) is 0 Å². The average molecular weight is 239 g/mol. The molecule has 3 aliphatic rings. The molecule has 0 aromatic carbocycles. The van der Waals surface area contributed by atoms with Crippen molar-refractivity contribution >= 4 is 0 Å². The molecule has 0 aliphatic heterocycles. The number of methoxy groups -OCH3 is 1. The standard InChI is InChI=1S/C14H25NO2/c1-17-9-14(16,11-4-5-11)13(8-15)7-10-2-3-12(13)6-10/h10-12,16H,2-9,15H2,1H3. The molecule has 0 aromatic heterocycles. The van der Waals surface area contributed by atoms with Crippen LogP contribution in [0.4, 0.5) is 0 Å². The maximum absolute atomic E-state index is 11.2. The second-order valence-corrected chi connectivity index (χ2v) is 6.57. The highest BCUT2D eigenvalue weighted by Crippen LogP contribution is 2.64. The molecule has 0 aromatic rings. The summed E-state index contributed by atoms with van der Waals surface area (Å²) in [6.07, 6.45) is 7.33. The Morgan fingerprint density at radius 1 is 1.35 bits per heavy atom. The Labute approximate surface area is 104 Å². The van der Waals surface area contributed by atoms with Gasteiger partial charge in [-0.25, -0.2) is 0 Å². The van der Waals surface area contributed by atoms with Gasteiger partial charge in [-0.05, 0) is 49.9 Å². The van der Waals surface area contributed by atoms with Gasteiger partial charge in [0.05, 0.1) is 12.2 Å². The highest BCUT2D eigenvalue weighted by molar-refractivity contribution is 5.15. The first kappa shape index (κ1) is 11.9. The zero-order valence-corrected chi connectivity index (χ0v) is 10.8. The molecule has 2 bridgehead atoms. The van der Waals surface area contributed by atoms with Crippen molar-refractivity contribution in [2.75, 3.05) is 20.3 Å². The maximum Gasteiger partial charge on any atom is 0.0978 e. The first-order valence-corrected chi connectivity index (χ1v) is 7.07. The molecule has 98 valence electrons. The lowest BCUT2D eigenvalue weighted by atomic mass is 9.60. The Bertz CT molecular complexity index is 305. The summed E-state index contributed by atoms with van der Waals surface area (Å²) in [4.78, 5) is 0. The minimum Gasteiger partial charge on any atom is -0.387 e. The first-order valence-electron chi connectivity index (χ1n) is 7.07. The van der Waals surface area contributed by atoms with Crippen LogP contribution in [0.25, 0.3) is 0 Å². The lowest BCUT2D eigenvalue weighted by molar-refractivity contribution is -0.158. The fourth-order valence-electron chi connectivity index (χ4n) is 4.85. The van der Waals surface area contributed by atoms with Gasteiger partial charge in [0, 0.05) is 19.1 Å². The zero-order valence-electron chi connectivity index (χ0n) is 10.8. The Morgan fingerprint density at radius 2 is 2.12 bits per heavy atom. The predicted molar refractivity (Wildman–Crippen MR) is 66.5 cm³/mol. The van der Waals surface area contributed by atoms with Crippen LogP contribution < -0.4 is 5.73 Å². The Hall–Kier alpha value is -0.120. The van der Waals surface area contributed by atoms with Crippen LogP contribution in [0.15, 0.2) is 0 Å². The van der Waals surface area contributed by atoms with E-state index in [9.17, 15) is 5.11 Å². The van der Waals surface area contributed by atoms with Gasteiger partial charge in [-0.15, -0.1) is 0 Å². The van der Waals surface area contributed by atoms with Crippen LogP contribution in [-0.4, -0.2) is 31.0 Å². The lowest BCUT2D eigenvalue weighted by Crippen LogP contribution is -2.59. The monoisotopic (exact) mass is 239 g/mol. The second kappa shape index (κ2) is 3.94. The molecule has 3 saturated carbocycles. The second-order valence-electron chi connectivity index (χ2n) is 6.57. The largest absolute Gasteiger partial charge is 0.387 e. The minimum atomic E-state index is -0.656. The Kier molecular flexibility index (Phi) is 2.77. The molecule has 17 heavy (non-hydrogen) atoms. The fourth-order valence-corrected chi connectivity index (χ4v) is 4.85. The normalized spacial score (nSPS) is 43.9. The summed E-state index contributed by atoms with van der Waals surface area (Å²) >= 11 is 0. The van der Waals surface area contributed by atoms with Crippen molar-refractivity contribution in [2.24, 2.45) is 28.9 Å². The molecule has 3 nitrogen and oxygen atoms in total.